The molecule has 160 valence electrons. The summed E-state index contributed by atoms with van der Waals surface area (Å²) in [4.78, 5) is 15.5. The Morgan fingerprint density at radius 2 is 1.87 bits per heavy atom. The van der Waals surface area contributed by atoms with Crippen molar-refractivity contribution in [2.24, 2.45) is 10.9 Å². The lowest BCUT2D eigenvalue weighted by Crippen LogP contribution is -2.29. The number of benzene rings is 2. The van der Waals surface area contributed by atoms with Gasteiger partial charge in [0.1, 0.15) is 16.4 Å². The number of alkyl carbamates (subject to hydrolysis) is 1. The summed E-state index contributed by atoms with van der Waals surface area (Å²) in [5, 5.41) is 2.76. The van der Waals surface area contributed by atoms with Crippen molar-refractivity contribution in [3.63, 3.8) is 0 Å². The maximum Gasteiger partial charge on any atom is 0.412 e. The number of aliphatic imine (C=N–C) groups is 1. The topological polar surface area (TPSA) is 115 Å². The summed E-state index contributed by atoms with van der Waals surface area (Å²) in [6.45, 7) is 4.60. The average Bonchev–Trinajstić information content (AvgIpc) is 2.72. The van der Waals surface area contributed by atoms with Crippen molar-refractivity contribution in [2.45, 2.75) is 18.7 Å². The third kappa shape index (κ3) is 5.57. The molecule has 3 rings (SSSR count). The first-order chi connectivity index (χ1) is 14.3. The van der Waals surface area contributed by atoms with Gasteiger partial charge in [-0.2, -0.15) is 8.42 Å². The molecule has 0 radical (unpaired) electrons. The minimum absolute atomic E-state index is 0.0158. The molecule has 30 heavy (non-hydrogen) atoms. The lowest BCUT2D eigenvalue weighted by atomic mass is 10.2. The van der Waals surface area contributed by atoms with Crippen LogP contribution < -0.4 is 19.0 Å². The fraction of sp³-hybridized carbons (Fsp3) is 0.263. The van der Waals surface area contributed by atoms with Crippen molar-refractivity contribution in [3.8, 4) is 11.5 Å². The van der Waals surface area contributed by atoms with E-state index in [4.69, 9.17) is 8.92 Å². The minimum atomic E-state index is -4.02. The van der Waals surface area contributed by atoms with Crippen LogP contribution in [0.5, 0.6) is 11.5 Å². The summed E-state index contributed by atoms with van der Waals surface area (Å²) >= 11 is 1.05. The van der Waals surface area contributed by atoms with E-state index in [2.05, 4.69) is 19.8 Å². The molecule has 1 amide bonds. The zero-order valence-corrected chi connectivity index (χ0v) is 18.2. The summed E-state index contributed by atoms with van der Waals surface area (Å²) < 4.78 is 43.4. The first-order valence-electron chi connectivity index (χ1n) is 8.95. The van der Waals surface area contributed by atoms with Gasteiger partial charge in [0.25, 0.3) is 0 Å². The Morgan fingerprint density at radius 3 is 2.53 bits per heavy atom. The van der Waals surface area contributed by atoms with Crippen molar-refractivity contribution in [3.05, 3.63) is 42.5 Å². The highest BCUT2D eigenvalue weighted by Crippen LogP contribution is 2.36. The molecule has 0 fully saturated rings. The largest absolute Gasteiger partial charge is 0.493 e. The van der Waals surface area contributed by atoms with E-state index in [0.29, 0.717) is 34.8 Å². The molecule has 0 unspecified atom stereocenters. The van der Waals surface area contributed by atoms with E-state index >= 15 is 0 Å². The molecule has 2 aromatic rings. The van der Waals surface area contributed by atoms with Crippen molar-refractivity contribution in [1.29, 1.82) is 0 Å². The summed E-state index contributed by atoms with van der Waals surface area (Å²) in [7, 11) is -2.77. The molecule has 0 aromatic heterocycles. The summed E-state index contributed by atoms with van der Waals surface area (Å²) in [6, 6.07) is 10.6. The van der Waals surface area contributed by atoms with Gasteiger partial charge in [-0.05, 0) is 42.3 Å². The summed E-state index contributed by atoms with van der Waals surface area (Å²) in [5.41, 5.74) is 1.05. The number of rotatable bonds is 6. The van der Waals surface area contributed by atoms with Crippen LogP contribution in [0.15, 0.2) is 52.4 Å². The summed E-state index contributed by atoms with van der Waals surface area (Å²) in [5.74, 6) is 1.08. The van der Waals surface area contributed by atoms with E-state index in [1.165, 1.54) is 31.4 Å². The molecule has 2 aromatic carbocycles. The predicted molar refractivity (Wildman–Crippen MR) is 115 cm³/mol. The molecular weight excluding hydrogens is 430 g/mol. The minimum Gasteiger partial charge on any atom is -0.493 e. The lowest BCUT2D eigenvalue weighted by molar-refractivity contribution is 0.177. The van der Waals surface area contributed by atoms with Gasteiger partial charge in [0.15, 0.2) is 5.17 Å². The van der Waals surface area contributed by atoms with E-state index in [1.807, 2.05) is 13.8 Å². The SMILES string of the molecule is COC(=O)NC1=Nc2ccc(OS(=O)(=O)c3ccc(OCC(C)C)cc3)cc2NS1. The van der Waals surface area contributed by atoms with Crippen LogP contribution in [0, 0.1) is 5.92 Å². The number of carbonyl (C=O) groups is 1. The second-order valence-corrected chi connectivity index (χ2v) is 8.97. The number of carbonyl (C=O) groups excluding carboxylic acids is 1. The molecule has 11 heteroatoms. The van der Waals surface area contributed by atoms with Gasteiger partial charge in [0.2, 0.25) is 0 Å². The predicted octanol–water partition coefficient (Wildman–Crippen LogP) is 3.91. The third-order valence-electron chi connectivity index (χ3n) is 3.74. The Labute approximate surface area is 179 Å². The number of amidine groups is 1. The van der Waals surface area contributed by atoms with Crippen LogP contribution in [0.25, 0.3) is 0 Å². The van der Waals surface area contributed by atoms with Crippen LogP contribution in [0.3, 0.4) is 0 Å². The van der Waals surface area contributed by atoms with Gasteiger partial charge in [-0.15, -0.1) is 0 Å². The van der Waals surface area contributed by atoms with Gasteiger partial charge in [-0.1, -0.05) is 13.8 Å². The van der Waals surface area contributed by atoms with Gasteiger partial charge < -0.3 is 18.4 Å². The quantitative estimate of drug-likeness (QED) is 0.502. The lowest BCUT2D eigenvalue weighted by Gasteiger charge is -2.17. The molecule has 1 aliphatic rings. The van der Waals surface area contributed by atoms with E-state index in [0.717, 1.165) is 11.9 Å². The van der Waals surface area contributed by atoms with Gasteiger partial charge in [-0.3, -0.25) is 5.32 Å². The molecule has 0 saturated heterocycles. The second-order valence-electron chi connectivity index (χ2n) is 6.63. The highest BCUT2D eigenvalue weighted by Gasteiger charge is 2.20. The molecule has 1 heterocycles. The Hall–Kier alpha value is -2.92. The number of nitrogens with one attached hydrogen (secondary N) is 2. The Kier molecular flexibility index (Phi) is 6.73. The fourth-order valence-electron chi connectivity index (χ4n) is 2.31. The van der Waals surface area contributed by atoms with Crippen LogP contribution in [0.2, 0.25) is 0 Å². The van der Waals surface area contributed by atoms with Crippen LogP contribution in [-0.2, 0) is 14.9 Å². The van der Waals surface area contributed by atoms with Crippen LogP contribution in [0.1, 0.15) is 13.8 Å². The van der Waals surface area contributed by atoms with Gasteiger partial charge >= 0.3 is 16.2 Å². The Balaban J connectivity index is 1.71. The Morgan fingerprint density at radius 1 is 1.17 bits per heavy atom. The molecule has 0 spiro atoms. The van der Waals surface area contributed by atoms with Crippen molar-refractivity contribution >= 4 is 44.7 Å². The zero-order chi connectivity index (χ0) is 21.7. The molecule has 0 atom stereocenters. The monoisotopic (exact) mass is 451 g/mol. The average molecular weight is 452 g/mol. The third-order valence-corrected chi connectivity index (χ3v) is 5.71. The number of nitrogens with zero attached hydrogens (tertiary/aromatic N) is 1. The van der Waals surface area contributed by atoms with Crippen molar-refractivity contribution in [2.75, 3.05) is 18.4 Å². The molecule has 1 aliphatic heterocycles. The smallest absolute Gasteiger partial charge is 0.412 e. The molecule has 0 saturated carbocycles. The molecule has 0 bridgehead atoms. The van der Waals surface area contributed by atoms with E-state index in [-0.39, 0.29) is 10.6 Å². The van der Waals surface area contributed by atoms with Gasteiger partial charge in [0.05, 0.1) is 25.1 Å². The van der Waals surface area contributed by atoms with Crippen molar-refractivity contribution in [1.82, 2.24) is 5.32 Å². The number of hydrogen-bond acceptors (Lipinski definition) is 9. The highest BCUT2D eigenvalue weighted by molar-refractivity contribution is 8.15. The van der Waals surface area contributed by atoms with Crippen molar-refractivity contribution < 1.29 is 26.9 Å². The standard InChI is InChI=1S/C19H21N3O6S2/c1-12(2)11-27-13-4-7-15(8-5-13)30(24,25)28-14-6-9-16-17(10-14)22-29-18(20-16)21-19(23)26-3/h4-10,12,22H,11H2,1-3H3,(H,20,21,23). The normalized spacial score (nSPS) is 13.0. The second kappa shape index (κ2) is 9.26. The number of ether oxygens (including phenoxy) is 2. The maximum absolute atomic E-state index is 12.6. The number of anilines is 1. The first kappa shape index (κ1) is 21.8. The number of amides is 1. The van der Waals surface area contributed by atoms with Crippen LogP contribution >= 0.6 is 11.9 Å². The van der Waals surface area contributed by atoms with E-state index in [9.17, 15) is 13.2 Å². The molecule has 9 nitrogen and oxygen atoms in total. The Bertz CT molecular complexity index is 1050. The maximum atomic E-state index is 12.6. The fourth-order valence-corrected chi connectivity index (χ4v) is 3.88. The van der Waals surface area contributed by atoms with Gasteiger partial charge in [-0.25, -0.2) is 9.79 Å². The van der Waals surface area contributed by atoms with E-state index in [1.54, 1.807) is 18.2 Å². The number of hydrogen-bond donors (Lipinski definition) is 2. The number of methoxy groups -OCH3 is 1. The molecule has 2 N–H and O–H groups in total. The molecular formula is C19H21N3O6S2. The first-order valence-corrected chi connectivity index (χ1v) is 11.2. The molecule has 0 aliphatic carbocycles. The van der Waals surface area contributed by atoms with E-state index < -0.39 is 16.2 Å². The highest BCUT2D eigenvalue weighted by atomic mass is 32.2. The van der Waals surface area contributed by atoms with Crippen LogP contribution in [-0.4, -0.2) is 33.4 Å². The number of fused-ring (bicyclic) bond motifs is 1. The zero-order valence-electron chi connectivity index (χ0n) is 16.5. The summed E-state index contributed by atoms with van der Waals surface area (Å²) in [6.07, 6.45) is -0.641. The van der Waals surface area contributed by atoms with Crippen LogP contribution in [0.4, 0.5) is 16.2 Å². The van der Waals surface area contributed by atoms with Gasteiger partial charge in [0, 0.05) is 18.0 Å².